The van der Waals surface area contributed by atoms with E-state index in [0.29, 0.717) is 31.3 Å². The third kappa shape index (κ3) is 3.89. The van der Waals surface area contributed by atoms with Gasteiger partial charge in [-0.15, -0.1) is 11.3 Å². The van der Waals surface area contributed by atoms with Gasteiger partial charge in [-0.05, 0) is 30.4 Å². The quantitative estimate of drug-likeness (QED) is 0.620. The van der Waals surface area contributed by atoms with Gasteiger partial charge in [0.15, 0.2) is 5.65 Å². The average molecular weight is 385 g/mol. The van der Waals surface area contributed by atoms with Crippen molar-refractivity contribution in [2.75, 3.05) is 20.3 Å². The lowest BCUT2D eigenvalue weighted by Crippen LogP contribution is -2.33. The number of rotatable bonds is 7. The largest absolute Gasteiger partial charge is 0.383 e. The summed E-state index contributed by atoms with van der Waals surface area (Å²) in [5.74, 6) is -0.0368. The Hall–Kier alpha value is -2.25. The molecule has 1 amide bonds. The first-order valence-electron chi connectivity index (χ1n) is 9.39. The lowest BCUT2D eigenvalue weighted by atomic mass is 10.2. The Labute approximate surface area is 162 Å². The summed E-state index contributed by atoms with van der Waals surface area (Å²) in [4.78, 5) is 25.1. The zero-order valence-electron chi connectivity index (χ0n) is 15.5. The van der Waals surface area contributed by atoms with E-state index in [2.05, 4.69) is 14.5 Å². The number of fused-ring (bicyclic) bond motifs is 1. The van der Waals surface area contributed by atoms with Gasteiger partial charge in [-0.2, -0.15) is 0 Å². The fourth-order valence-electron chi connectivity index (χ4n) is 3.71. The van der Waals surface area contributed by atoms with Crippen molar-refractivity contribution in [3.63, 3.8) is 0 Å². The highest BCUT2D eigenvalue weighted by atomic mass is 32.1. The van der Waals surface area contributed by atoms with Crippen LogP contribution in [-0.4, -0.2) is 45.6 Å². The summed E-state index contributed by atoms with van der Waals surface area (Å²) in [6.07, 6.45) is 8.44. The molecule has 0 aromatic carbocycles. The predicted molar refractivity (Wildman–Crippen MR) is 106 cm³/mol. The second-order valence-electron chi connectivity index (χ2n) is 6.96. The number of carbonyl (C=O) groups excluding carboxylic acids is 1. The molecule has 0 atom stereocenters. The first-order valence-corrected chi connectivity index (χ1v) is 10.3. The smallest absolute Gasteiger partial charge is 0.255 e. The number of pyridine rings is 1. The maximum atomic E-state index is 13.1. The number of hydrogen-bond donors (Lipinski definition) is 0. The van der Waals surface area contributed by atoms with E-state index >= 15 is 0 Å². The van der Waals surface area contributed by atoms with Crippen molar-refractivity contribution in [3.05, 3.63) is 46.5 Å². The molecular formula is C20H24N4O2S. The maximum absolute atomic E-state index is 13.1. The second-order valence-corrected chi connectivity index (χ2v) is 7.99. The Morgan fingerprint density at radius 2 is 2.22 bits per heavy atom. The molecule has 0 spiro atoms. The van der Waals surface area contributed by atoms with Crippen LogP contribution in [0.1, 0.15) is 47.0 Å². The highest BCUT2D eigenvalue weighted by Crippen LogP contribution is 2.31. The zero-order chi connectivity index (χ0) is 18.6. The molecule has 0 radical (unpaired) electrons. The lowest BCUT2D eigenvalue weighted by Gasteiger charge is -2.21. The van der Waals surface area contributed by atoms with Crippen molar-refractivity contribution in [2.45, 2.75) is 38.3 Å². The van der Waals surface area contributed by atoms with Gasteiger partial charge in [0.25, 0.3) is 5.91 Å². The number of hydrogen-bond acceptors (Lipinski definition) is 5. The van der Waals surface area contributed by atoms with E-state index in [0.717, 1.165) is 16.0 Å². The number of ether oxygens (including phenoxy) is 1. The number of aromatic nitrogens is 3. The summed E-state index contributed by atoms with van der Waals surface area (Å²) in [5.41, 5.74) is 2.24. The van der Waals surface area contributed by atoms with E-state index in [9.17, 15) is 4.79 Å². The van der Waals surface area contributed by atoms with Crippen molar-refractivity contribution < 1.29 is 9.53 Å². The molecular weight excluding hydrogens is 360 g/mol. The molecule has 0 bridgehead atoms. The van der Waals surface area contributed by atoms with Gasteiger partial charge in [0.1, 0.15) is 5.52 Å². The minimum atomic E-state index is -0.0368. The molecule has 1 saturated carbocycles. The van der Waals surface area contributed by atoms with Gasteiger partial charge in [0.05, 0.1) is 25.0 Å². The van der Waals surface area contributed by atoms with Gasteiger partial charge < -0.3 is 14.2 Å². The summed E-state index contributed by atoms with van der Waals surface area (Å²) in [6, 6.07) is 6.40. The number of carbonyl (C=O) groups is 1. The summed E-state index contributed by atoms with van der Waals surface area (Å²) in [6.45, 7) is 1.62. The van der Waals surface area contributed by atoms with Crippen molar-refractivity contribution >= 4 is 28.4 Å². The lowest BCUT2D eigenvalue weighted by molar-refractivity contribution is 0.0682. The number of imidazole rings is 1. The molecule has 7 heteroatoms. The van der Waals surface area contributed by atoms with E-state index in [1.54, 1.807) is 24.6 Å². The van der Waals surface area contributed by atoms with Gasteiger partial charge in [0.2, 0.25) is 0 Å². The molecule has 6 nitrogen and oxygen atoms in total. The Morgan fingerprint density at radius 3 is 2.96 bits per heavy atom. The first-order chi connectivity index (χ1) is 13.3. The van der Waals surface area contributed by atoms with E-state index in [4.69, 9.17) is 4.74 Å². The zero-order valence-corrected chi connectivity index (χ0v) is 16.3. The first kappa shape index (κ1) is 18.1. The van der Waals surface area contributed by atoms with Crippen LogP contribution in [-0.2, 0) is 11.3 Å². The molecule has 0 aliphatic heterocycles. The van der Waals surface area contributed by atoms with E-state index in [1.807, 2.05) is 34.8 Å². The van der Waals surface area contributed by atoms with Crippen molar-refractivity contribution in [3.8, 4) is 0 Å². The molecule has 0 N–H and O–H groups in total. The Kier molecular flexibility index (Phi) is 5.50. The van der Waals surface area contributed by atoms with E-state index < -0.39 is 0 Å². The average Bonchev–Trinajstić information content (AvgIpc) is 3.45. The van der Waals surface area contributed by atoms with Gasteiger partial charge in [0, 0.05) is 30.8 Å². The van der Waals surface area contributed by atoms with Crippen LogP contribution in [0, 0.1) is 0 Å². The Balaban J connectivity index is 1.57. The number of thiophene rings is 1. The number of methoxy groups -OCH3 is 1. The molecule has 3 heterocycles. The van der Waals surface area contributed by atoms with Crippen LogP contribution in [0.4, 0.5) is 0 Å². The monoisotopic (exact) mass is 384 g/mol. The number of nitrogens with zero attached hydrogens (tertiary/aromatic N) is 4. The second kappa shape index (κ2) is 8.19. The van der Waals surface area contributed by atoms with Crippen LogP contribution in [0.15, 0.2) is 36.1 Å². The van der Waals surface area contributed by atoms with Crippen molar-refractivity contribution in [1.29, 1.82) is 0 Å². The van der Waals surface area contributed by atoms with Crippen molar-refractivity contribution in [2.24, 2.45) is 0 Å². The van der Waals surface area contributed by atoms with Gasteiger partial charge in [-0.3, -0.25) is 4.79 Å². The fraction of sp³-hybridized carbons (Fsp3) is 0.450. The molecule has 142 valence electrons. The van der Waals surface area contributed by atoms with E-state index in [-0.39, 0.29) is 5.91 Å². The minimum absolute atomic E-state index is 0.0368. The fourth-order valence-corrected chi connectivity index (χ4v) is 4.43. The minimum Gasteiger partial charge on any atom is -0.383 e. The van der Waals surface area contributed by atoms with Crippen molar-refractivity contribution in [1.82, 2.24) is 19.4 Å². The third-order valence-electron chi connectivity index (χ3n) is 5.16. The van der Waals surface area contributed by atoms with Crippen LogP contribution in [0.3, 0.4) is 0 Å². The molecule has 0 unspecified atom stereocenters. The molecule has 4 rings (SSSR count). The molecule has 1 aliphatic carbocycles. The van der Waals surface area contributed by atoms with Crippen LogP contribution >= 0.6 is 11.3 Å². The van der Waals surface area contributed by atoms with Crippen LogP contribution < -0.4 is 0 Å². The highest BCUT2D eigenvalue weighted by molar-refractivity contribution is 7.09. The van der Waals surface area contributed by atoms with E-state index in [1.165, 1.54) is 25.7 Å². The van der Waals surface area contributed by atoms with Gasteiger partial charge in [-0.25, -0.2) is 9.97 Å². The third-order valence-corrected chi connectivity index (χ3v) is 6.02. The summed E-state index contributed by atoms with van der Waals surface area (Å²) < 4.78 is 7.36. The SMILES string of the molecule is COCCN(Cc1cccs1)C(=O)c1cnc2c(c1)ncn2C1CCCC1. The van der Waals surface area contributed by atoms with Crippen LogP contribution in [0.25, 0.3) is 11.2 Å². The summed E-state index contributed by atoms with van der Waals surface area (Å²) in [7, 11) is 1.65. The number of amides is 1. The molecule has 1 fully saturated rings. The summed E-state index contributed by atoms with van der Waals surface area (Å²) >= 11 is 1.65. The van der Waals surface area contributed by atoms with Crippen LogP contribution in [0.2, 0.25) is 0 Å². The van der Waals surface area contributed by atoms with Gasteiger partial charge >= 0.3 is 0 Å². The van der Waals surface area contributed by atoms with Crippen LogP contribution in [0.5, 0.6) is 0 Å². The highest BCUT2D eigenvalue weighted by Gasteiger charge is 2.21. The molecule has 1 aliphatic rings. The Morgan fingerprint density at radius 1 is 1.37 bits per heavy atom. The standard InChI is InChI=1S/C20H24N4O2S/c1-26-9-8-23(13-17-7-4-10-27-17)20(25)15-11-18-19(21-12-15)24(14-22-18)16-5-2-3-6-16/h4,7,10-12,14,16H,2-3,5-6,8-9,13H2,1H3. The molecule has 27 heavy (non-hydrogen) atoms. The molecule has 3 aromatic heterocycles. The predicted octanol–water partition coefficient (Wildman–Crippen LogP) is 3.90. The Bertz CT molecular complexity index is 900. The topological polar surface area (TPSA) is 60.2 Å². The molecule has 3 aromatic rings. The molecule has 0 saturated heterocycles. The normalized spacial score (nSPS) is 14.9. The summed E-state index contributed by atoms with van der Waals surface area (Å²) in [5, 5.41) is 2.03. The maximum Gasteiger partial charge on any atom is 0.255 e. The van der Waals surface area contributed by atoms with Gasteiger partial charge in [-0.1, -0.05) is 18.9 Å².